The molecule has 2 rings (SSSR count). The molecule has 0 radical (unpaired) electrons. The number of hydrogen-bond acceptors (Lipinski definition) is 4. The third-order valence-corrected chi connectivity index (χ3v) is 2.67. The van der Waals surface area contributed by atoms with Crippen LogP contribution >= 0.6 is 11.6 Å². The Morgan fingerprint density at radius 3 is 2.94 bits per heavy atom. The van der Waals surface area contributed by atoms with Gasteiger partial charge in [0.1, 0.15) is 11.5 Å². The molecule has 1 atom stereocenters. The number of halogens is 2. The normalized spacial score (nSPS) is 12.6. The van der Waals surface area contributed by atoms with Gasteiger partial charge in [-0.2, -0.15) is 15.4 Å². The van der Waals surface area contributed by atoms with Crippen molar-refractivity contribution in [2.75, 3.05) is 0 Å². The van der Waals surface area contributed by atoms with Crippen LogP contribution in [0.1, 0.15) is 17.3 Å². The summed E-state index contributed by atoms with van der Waals surface area (Å²) < 4.78 is 13.6. The minimum atomic E-state index is -0.360. The first-order chi connectivity index (χ1) is 8.20. The molecular formula is C10H11ClFN5. The monoisotopic (exact) mass is 255 g/mol. The van der Waals surface area contributed by atoms with Crippen molar-refractivity contribution in [3.05, 3.63) is 46.5 Å². The maximum absolute atomic E-state index is 13.6. The molecule has 1 aromatic heterocycles. The van der Waals surface area contributed by atoms with Gasteiger partial charge in [-0.3, -0.25) is 11.3 Å². The molecule has 4 N–H and O–H groups in total. The number of nitrogens with zero attached hydrogens (tertiary/aromatic N) is 2. The summed E-state index contributed by atoms with van der Waals surface area (Å²) >= 11 is 5.68. The van der Waals surface area contributed by atoms with E-state index in [1.54, 1.807) is 18.3 Å². The first-order valence-corrected chi connectivity index (χ1v) is 5.34. The maximum atomic E-state index is 13.6. The molecule has 0 bridgehead atoms. The van der Waals surface area contributed by atoms with Crippen molar-refractivity contribution in [3.8, 4) is 0 Å². The predicted molar refractivity (Wildman–Crippen MR) is 61.6 cm³/mol. The number of hydrazine groups is 1. The molecule has 1 unspecified atom stereocenters. The summed E-state index contributed by atoms with van der Waals surface area (Å²) in [6.07, 6.45) is 1.91. The average Bonchev–Trinajstić information content (AvgIpc) is 2.81. The smallest absolute Gasteiger partial charge is 0.127 e. The molecule has 1 heterocycles. The fourth-order valence-electron chi connectivity index (χ4n) is 1.53. The van der Waals surface area contributed by atoms with Crippen LogP contribution in [0.3, 0.4) is 0 Å². The van der Waals surface area contributed by atoms with Crippen LogP contribution in [-0.4, -0.2) is 15.4 Å². The van der Waals surface area contributed by atoms with Crippen molar-refractivity contribution in [1.82, 2.24) is 20.8 Å². The molecule has 0 saturated heterocycles. The third kappa shape index (κ3) is 2.79. The molecule has 2 aromatic rings. The van der Waals surface area contributed by atoms with E-state index in [4.69, 9.17) is 17.4 Å². The van der Waals surface area contributed by atoms with Crippen LogP contribution in [0.25, 0.3) is 0 Å². The van der Waals surface area contributed by atoms with E-state index < -0.39 is 0 Å². The molecule has 0 spiro atoms. The zero-order chi connectivity index (χ0) is 12.3. The van der Waals surface area contributed by atoms with Crippen molar-refractivity contribution in [2.45, 2.75) is 12.5 Å². The van der Waals surface area contributed by atoms with Gasteiger partial charge in [0, 0.05) is 5.02 Å². The van der Waals surface area contributed by atoms with Gasteiger partial charge in [-0.25, -0.2) is 4.39 Å². The van der Waals surface area contributed by atoms with Gasteiger partial charge >= 0.3 is 0 Å². The van der Waals surface area contributed by atoms with Gasteiger partial charge in [-0.15, -0.1) is 0 Å². The first-order valence-electron chi connectivity index (χ1n) is 4.96. The summed E-state index contributed by atoms with van der Waals surface area (Å²) in [6.45, 7) is 0. The number of nitrogens with two attached hydrogens (primary N) is 1. The molecule has 0 aliphatic carbocycles. The number of aromatic nitrogens is 3. The lowest BCUT2D eigenvalue weighted by Crippen LogP contribution is -2.30. The van der Waals surface area contributed by atoms with Crippen molar-refractivity contribution in [1.29, 1.82) is 0 Å². The lowest BCUT2D eigenvalue weighted by molar-refractivity contribution is 0.518. The van der Waals surface area contributed by atoms with Crippen LogP contribution in [0.5, 0.6) is 0 Å². The number of benzene rings is 1. The van der Waals surface area contributed by atoms with Gasteiger partial charge in [-0.05, 0) is 24.1 Å². The van der Waals surface area contributed by atoms with Gasteiger partial charge < -0.3 is 0 Å². The Balaban J connectivity index is 2.19. The second-order valence-electron chi connectivity index (χ2n) is 3.55. The molecule has 17 heavy (non-hydrogen) atoms. The molecule has 1 aromatic carbocycles. The lowest BCUT2D eigenvalue weighted by Gasteiger charge is -2.13. The summed E-state index contributed by atoms with van der Waals surface area (Å²) in [5.74, 6) is 5.05. The molecule has 0 aliphatic heterocycles. The van der Waals surface area contributed by atoms with E-state index in [0.29, 0.717) is 22.7 Å². The van der Waals surface area contributed by atoms with E-state index in [1.807, 2.05) is 0 Å². The van der Waals surface area contributed by atoms with Crippen LogP contribution < -0.4 is 11.3 Å². The minimum absolute atomic E-state index is 0.301. The molecular weight excluding hydrogens is 245 g/mol. The average molecular weight is 256 g/mol. The van der Waals surface area contributed by atoms with Gasteiger partial charge in [0.05, 0.1) is 12.2 Å². The van der Waals surface area contributed by atoms with Crippen LogP contribution in [0.15, 0.2) is 24.4 Å². The van der Waals surface area contributed by atoms with Crippen LogP contribution in [0.4, 0.5) is 4.39 Å². The summed E-state index contributed by atoms with van der Waals surface area (Å²) in [6, 6.07) is 4.23. The highest BCUT2D eigenvalue weighted by atomic mass is 35.5. The molecule has 7 heteroatoms. The zero-order valence-electron chi connectivity index (χ0n) is 8.82. The van der Waals surface area contributed by atoms with Crippen LogP contribution in [0.2, 0.25) is 5.02 Å². The highest BCUT2D eigenvalue weighted by Gasteiger charge is 2.15. The number of H-pyrrole nitrogens is 1. The standard InChI is InChI=1S/C10H11ClFN5/c11-7-2-1-6(8(12)4-7)3-9(15-13)10-5-14-17-16-10/h1-2,4-5,9,15H,3,13H2,(H,14,16,17). The SMILES string of the molecule is NNC(Cc1ccc(Cl)cc1F)c1cn[nH]n1. The van der Waals surface area contributed by atoms with E-state index in [-0.39, 0.29) is 11.9 Å². The summed E-state index contributed by atoms with van der Waals surface area (Å²) in [5.41, 5.74) is 3.71. The van der Waals surface area contributed by atoms with E-state index in [9.17, 15) is 4.39 Å². The molecule has 0 saturated carbocycles. The summed E-state index contributed by atoms with van der Waals surface area (Å²) in [4.78, 5) is 0. The Kier molecular flexibility index (Phi) is 3.68. The topological polar surface area (TPSA) is 79.6 Å². The molecule has 90 valence electrons. The van der Waals surface area contributed by atoms with E-state index in [2.05, 4.69) is 20.8 Å². The molecule has 0 fully saturated rings. The number of aromatic amines is 1. The van der Waals surface area contributed by atoms with E-state index in [1.165, 1.54) is 6.07 Å². The Bertz CT molecular complexity index is 487. The van der Waals surface area contributed by atoms with Crippen molar-refractivity contribution < 1.29 is 4.39 Å². The van der Waals surface area contributed by atoms with Gasteiger partial charge in [-0.1, -0.05) is 17.7 Å². The summed E-state index contributed by atoms with van der Waals surface area (Å²) in [5, 5.41) is 10.4. The van der Waals surface area contributed by atoms with Gasteiger partial charge in [0.2, 0.25) is 0 Å². The van der Waals surface area contributed by atoms with Crippen molar-refractivity contribution >= 4 is 11.6 Å². The predicted octanol–water partition coefficient (Wildman–Crippen LogP) is 1.34. The highest BCUT2D eigenvalue weighted by molar-refractivity contribution is 6.30. The largest absolute Gasteiger partial charge is 0.271 e. The Morgan fingerprint density at radius 2 is 2.35 bits per heavy atom. The number of nitrogens with one attached hydrogen (secondary N) is 2. The number of rotatable bonds is 4. The maximum Gasteiger partial charge on any atom is 0.127 e. The number of hydrogen-bond donors (Lipinski definition) is 3. The molecule has 0 aliphatic rings. The second-order valence-corrected chi connectivity index (χ2v) is 3.99. The van der Waals surface area contributed by atoms with E-state index >= 15 is 0 Å². The first kappa shape index (κ1) is 12.0. The molecule has 5 nitrogen and oxygen atoms in total. The second kappa shape index (κ2) is 5.22. The van der Waals surface area contributed by atoms with Gasteiger partial charge in [0.25, 0.3) is 0 Å². The zero-order valence-corrected chi connectivity index (χ0v) is 9.58. The lowest BCUT2D eigenvalue weighted by atomic mass is 10.0. The summed E-state index contributed by atoms with van der Waals surface area (Å²) in [7, 11) is 0. The quantitative estimate of drug-likeness (QED) is 0.569. The minimum Gasteiger partial charge on any atom is -0.271 e. The van der Waals surface area contributed by atoms with E-state index in [0.717, 1.165) is 0 Å². The van der Waals surface area contributed by atoms with Crippen molar-refractivity contribution in [2.24, 2.45) is 5.84 Å². The highest BCUT2D eigenvalue weighted by Crippen LogP contribution is 2.20. The third-order valence-electron chi connectivity index (χ3n) is 2.43. The molecule has 0 amide bonds. The van der Waals surface area contributed by atoms with Crippen LogP contribution in [0, 0.1) is 5.82 Å². The van der Waals surface area contributed by atoms with Crippen LogP contribution in [-0.2, 0) is 6.42 Å². The Hall–Kier alpha value is -1.50. The fourth-order valence-corrected chi connectivity index (χ4v) is 1.69. The fraction of sp³-hybridized carbons (Fsp3) is 0.200. The Morgan fingerprint density at radius 1 is 1.53 bits per heavy atom. The Labute approximate surface area is 102 Å². The van der Waals surface area contributed by atoms with Crippen molar-refractivity contribution in [3.63, 3.8) is 0 Å². The van der Waals surface area contributed by atoms with Gasteiger partial charge in [0.15, 0.2) is 0 Å².